The van der Waals surface area contributed by atoms with Crippen LogP contribution in [0, 0.1) is 0 Å². The molecule has 30 heavy (non-hydrogen) atoms. The lowest BCUT2D eigenvalue weighted by Crippen LogP contribution is -2.38. The average Bonchev–Trinajstić information content (AvgIpc) is 3.47. The van der Waals surface area contributed by atoms with Crippen molar-refractivity contribution in [3.63, 3.8) is 0 Å². The molecule has 0 radical (unpaired) electrons. The van der Waals surface area contributed by atoms with Gasteiger partial charge in [0, 0.05) is 53.1 Å². The van der Waals surface area contributed by atoms with Crippen molar-refractivity contribution in [1.82, 2.24) is 14.9 Å². The van der Waals surface area contributed by atoms with Crippen molar-refractivity contribution in [2.75, 3.05) is 20.3 Å². The average molecular weight is 432 g/mol. The number of methoxy groups -OCH3 is 1. The molecule has 0 spiro atoms. The van der Waals surface area contributed by atoms with Crippen LogP contribution in [0.2, 0.25) is 0 Å². The molecule has 2 heterocycles. The first kappa shape index (κ1) is 22.7. The fourth-order valence-corrected chi connectivity index (χ4v) is 4.36. The summed E-state index contributed by atoms with van der Waals surface area (Å²) in [4.78, 5) is 10.7. The highest BCUT2D eigenvalue weighted by atomic mass is 35.5. The van der Waals surface area contributed by atoms with Crippen LogP contribution >= 0.6 is 12.4 Å². The van der Waals surface area contributed by atoms with Gasteiger partial charge in [-0.1, -0.05) is 0 Å². The van der Waals surface area contributed by atoms with Gasteiger partial charge in [0.25, 0.3) is 0 Å². The summed E-state index contributed by atoms with van der Waals surface area (Å²) in [7, 11) is 1.71. The number of rotatable bonds is 9. The van der Waals surface area contributed by atoms with Gasteiger partial charge in [0.05, 0.1) is 24.9 Å². The van der Waals surface area contributed by atoms with Crippen molar-refractivity contribution < 1.29 is 9.47 Å². The van der Waals surface area contributed by atoms with E-state index in [-0.39, 0.29) is 12.4 Å². The Kier molecular flexibility index (Phi) is 7.14. The van der Waals surface area contributed by atoms with Gasteiger partial charge in [-0.2, -0.15) is 0 Å². The minimum absolute atomic E-state index is 0. The van der Waals surface area contributed by atoms with Gasteiger partial charge in [-0.25, -0.2) is 0 Å². The van der Waals surface area contributed by atoms with E-state index in [1.165, 1.54) is 29.3 Å². The van der Waals surface area contributed by atoms with Crippen LogP contribution in [-0.4, -0.2) is 47.2 Å². The van der Waals surface area contributed by atoms with E-state index >= 15 is 0 Å². The van der Waals surface area contributed by atoms with Gasteiger partial charge in [-0.3, -0.25) is 9.88 Å². The number of aromatic amines is 1. The number of hydrogen-bond acceptors (Lipinski definition) is 4. The van der Waals surface area contributed by atoms with Crippen LogP contribution < -0.4 is 9.47 Å². The first-order valence-corrected chi connectivity index (χ1v) is 10.9. The third-order valence-corrected chi connectivity index (χ3v) is 5.93. The summed E-state index contributed by atoms with van der Waals surface area (Å²) < 4.78 is 11.8. The Hall–Kier alpha value is -1.98. The van der Waals surface area contributed by atoms with E-state index in [0.717, 1.165) is 35.5 Å². The number of fused-ring (bicyclic) bond motifs is 3. The van der Waals surface area contributed by atoms with Crippen molar-refractivity contribution in [1.29, 1.82) is 0 Å². The predicted octanol–water partition coefficient (Wildman–Crippen LogP) is 5.91. The second-order valence-corrected chi connectivity index (χ2v) is 8.69. The summed E-state index contributed by atoms with van der Waals surface area (Å²) in [5.74, 6) is 2.19. The first-order valence-electron chi connectivity index (χ1n) is 10.9. The summed E-state index contributed by atoms with van der Waals surface area (Å²) in [6.45, 7) is 10.7. The van der Waals surface area contributed by atoms with E-state index in [4.69, 9.17) is 9.47 Å². The lowest BCUT2D eigenvalue weighted by Gasteiger charge is -2.30. The molecule has 6 heteroatoms. The first-order chi connectivity index (χ1) is 14.0. The molecule has 1 aliphatic rings. The maximum atomic E-state index is 6.14. The largest absolute Gasteiger partial charge is 0.493 e. The SMILES string of the molecule is COc1cc2c(cc1OCCCN(C(C)C)C(C)C)[nH]c1ccnc(C3CC3)c12.Cl. The van der Waals surface area contributed by atoms with E-state index in [2.05, 4.69) is 60.8 Å². The highest BCUT2D eigenvalue weighted by molar-refractivity contribution is 6.09. The molecule has 5 nitrogen and oxygen atoms in total. The molecule has 1 aliphatic carbocycles. The summed E-state index contributed by atoms with van der Waals surface area (Å²) in [5.41, 5.74) is 3.43. The molecule has 0 aliphatic heterocycles. The number of ether oxygens (including phenoxy) is 2. The van der Waals surface area contributed by atoms with Crippen LogP contribution in [0.1, 0.15) is 58.6 Å². The molecular weight excluding hydrogens is 398 g/mol. The van der Waals surface area contributed by atoms with Crippen molar-refractivity contribution in [2.24, 2.45) is 0 Å². The maximum absolute atomic E-state index is 6.14. The minimum Gasteiger partial charge on any atom is -0.493 e. The third-order valence-electron chi connectivity index (χ3n) is 5.93. The number of halogens is 1. The Balaban J connectivity index is 0.00000256. The Morgan fingerprint density at radius 3 is 2.47 bits per heavy atom. The molecule has 2 aromatic heterocycles. The second kappa shape index (κ2) is 9.44. The minimum atomic E-state index is 0. The zero-order valence-electron chi connectivity index (χ0n) is 18.7. The number of aromatic nitrogens is 2. The quantitative estimate of drug-likeness (QED) is 0.428. The molecule has 1 N–H and O–H groups in total. The fourth-order valence-electron chi connectivity index (χ4n) is 4.36. The molecule has 4 rings (SSSR count). The third kappa shape index (κ3) is 4.52. The zero-order chi connectivity index (χ0) is 20.5. The number of H-pyrrole nitrogens is 1. The Labute approximate surface area is 185 Å². The molecule has 0 bridgehead atoms. The molecule has 1 saturated carbocycles. The molecule has 0 atom stereocenters. The van der Waals surface area contributed by atoms with E-state index in [9.17, 15) is 0 Å². The van der Waals surface area contributed by atoms with Crippen molar-refractivity contribution in [3.8, 4) is 11.5 Å². The maximum Gasteiger partial charge on any atom is 0.163 e. The van der Waals surface area contributed by atoms with Gasteiger partial charge < -0.3 is 14.5 Å². The summed E-state index contributed by atoms with van der Waals surface area (Å²) >= 11 is 0. The molecule has 1 aromatic carbocycles. The molecule has 0 unspecified atom stereocenters. The fraction of sp³-hybridized carbons (Fsp3) is 0.542. The van der Waals surface area contributed by atoms with Crippen LogP contribution in [0.4, 0.5) is 0 Å². The molecule has 164 valence electrons. The second-order valence-electron chi connectivity index (χ2n) is 8.69. The van der Waals surface area contributed by atoms with Crippen LogP contribution in [0.3, 0.4) is 0 Å². The number of hydrogen-bond donors (Lipinski definition) is 1. The van der Waals surface area contributed by atoms with Crippen molar-refractivity contribution in [3.05, 3.63) is 30.1 Å². The van der Waals surface area contributed by atoms with E-state index in [1.54, 1.807) is 7.11 Å². The number of benzene rings is 1. The summed E-state index contributed by atoms with van der Waals surface area (Å²) in [6, 6.07) is 7.32. The Morgan fingerprint density at radius 2 is 1.83 bits per heavy atom. The van der Waals surface area contributed by atoms with Gasteiger partial charge in [-0.15, -0.1) is 12.4 Å². The molecule has 0 amide bonds. The van der Waals surface area contributed by atoms with Crippen molar-refractivity contribution >= 4 is 34.2 Å². The standard InChI is InChI=1S/C24H33N3O2.ClH/c1-15(2)27(16(3)4)11-6-12-29-22-14-20-18(13-21(22)28-5)23-19(26-20)9-10-25-24(23)17-7-8-17;/h9-10,13-17,26H,6-8,11-12H2,1-5H3;1H. The Morgan fingerprint density at radius 1 is 1.10 bits per heavy atom. The highest BCUT2D eigenvalue weighted by Gasteiger charge is 2.28. The topological polar surface area (TPSA) is 50.4 Å². The smallest absolute Gasteiger partial charge is 0.163 e. The van der Waals surface area contributed by atoms with Gasteiger partial charge in [0.15, 0.2) is 11.5 Å². The monoisotopic (exact) mass is 431 g/mol. The van der Waals surface area contributed by atoms with E-state index in [0.29, 0.717) is 24.6 Å². The molecule has 3 aromatic rings. The predicted molar refractivity (Wildman–Crippen MR) is 126 cm³/mol. The molecule has 1 fully saturated rings. The lowest BCUT2D eigenvalue weighted by atomic mass is 10.1. The molecular formula is C24H34ClN3O2. The van der Waals surface area contributed by atoms with Crippen LogP contribution in [-0.2, 0) is 0 Å². The van der Waals surface area contributed by atoms with Gasteiger partial charge in [-0.05, 0) is 59.1 Å². The normalized spacial score (nSPS) is 14.1. The van der Waals surface area contributed by atoms with Crippen LogP contribution in [0.5, 0.6) is 11.5 Å². The van der Waals surface area contributed by atoms with Crippen molar-refractivity contribution in [2.45, 2.75) is 65.0 Å². The van der Waals surface area contributed by atoms with Crippen LogP contribution in [0.15, 0.2) is 24.4 Å². The zero-order valence-corrected chi connectivity index (χ0v) is 19.5. The lowest BCUT2D eigenvalue weighted by molar-refractivity contribution is 0.159. The number of nitrogens with zero attached hydrogens (tertiary/aromatic N) is 2. The Bertz CT molecular complexity index is 987. The number of nitrogens with one attached hydrogen (secondary N) is 1. The van der Waals surface area contributed by atoms with Gasteiger partial charge in [0.2, 0.25) is 0 Å². The van der Waals surface area contributed by atoms with Gasteiger partial charge >= 0.3 is 0 Å². The van der Waals surface area contributed by atoms with Crippen LogP contribution in [0.25, 0.3) is 21.8 Å². The summed E-state index contributed by atoms with van der Waals surface area (Å²) in [5, 5.41) is 2.41. The van der Waals surface area contributed by atoms with E-state index in [1.807, 2.05) is 6.20 Å². The number of pyridine rings is 1. The van der Waals surface area contributed by atoms with Gasteiger partial charge in [0.1, 0.15) is 0 Å². The molecule has 0 saturated heterocycles. The van der Waals surface area contributed by atoms with E-state index < -0.39 is 0 Å². The highest BCUT2D eigenvalue weighted by Crippen LogP contribution is 2.45. The summed E-state index contributed by atoms with van der Waals surface area (Å²) in [6.07, 6.45) is 5.37.